The second-order valence-electron chi connectivity index (χ2n) is 8.59. The van der Waals surface area contributed by atoms with Gasteiger partial charge < -0.3 is 15.3 Å². The van der Waals surface area contributed by atoms with E-state index >= 15 is 0 Å². The summed E-state index contributed by atoms with van der Waals surface area (Å²) in [7, 11) is 2.11. The lowest BCUT2D eigenvalue weighted by Gasteiger charge is -2.30. The Labute approximate surface area is 190 Å². The SMILES string of the molecule is CN1CCC[C@@H](Nc2nnc(-c3ccc(C4CC4)cc3C(F)F)c3ccncc23)C1.O=CO. The van der Waals surface area contributed by atoms with Crippen molar-refractivity contribution in [1.82, 2.24) is 20.1 Å². The number of halogens is 2. The Balaban J connectivity index is 0.000000821. The van der Waals surface area contributed by atoms with E-state index in [1.807, 2.05) is 12.1 Å². The van der Waals surface area contributed by atoms with Gasteiger partial charge in [-0.3, -0.25) is 9.78 Å². The van der Waals surface area contributed by atoms with Gasteiger partial charge in [-0.2, -0.15) is 0 Å². The maximum atomic E-state index is 13.9. The van der Waals surface area contributed by atoms with Crippen molar-refractivity contribution in [2.75, 3.05) is 25.5 Å². The number of piperidine rings is 1. The number of aromatic nitrogens is 3. The summed E-state index contributed by atoms with van der Waals surface area (Å²) in [4.78, 5) is 14.9. The largest absolute Gasteiger partial charge is 0.483 e. The average Bonchev–Trinajstić information content (AvgIpc) is 3.65. The molecule has 7 nitrogen and oxygen atoms in total. The summed E-state index contributed by atoms with van der Waals surface area (Å²) in [6.07, 6.45) is 5.19. The van der Waals surface area contributed by atoms with Gasteiger partial charge in [0, 0.05) is 46.9 Å². The number of carboxylic acid groups (broad SMARTS) is 1. The van der Waals surface area contributed by atoms with Gasteiger partial charge >= 0.3 is 0 Å². The summed E-state index contributed by atoms with van der Waals surface area (Å²) in [5.74, 6) is 1.08. The first-order valence-corrected chi connectivity index (χ1v) is 11.1. The van der Waals surface area contributed by atoms with Gasteiger partial charge in [-0.05, 0) is 62.9 Å². The molecule has 0 radical (unpaired) electrons. The van der Waals surface area contributed by atoms with Gasteiger partial charge in [-0.1, -0.05) is 12.1 Å². The number of nitrogens with zero attached hydrogens (tertiary/aromatic N) is 4. The lowest BCUT2D eigenvalue weighted by molar-refractivity contribution is -0.122. The molecule has 0 unspecified atom stereocenters. The van der Waals surface area contributed by atoms with Crippen molar-refractivity contribution >= 4 is 23.1 Å². The Morgan fingerprint density at radius 1 is 1.18 bits per heavy atom. The number of alkyl halides is 2. The number of hydrogen-bond donors (Lipinski definition) is 2. The molecule has 2 N–H and O–H groups in total. The van der Waals surface area contributed by atoms with Crippen LogP contribution >= 0.6 is 0 Å². The van der Waals surface area contributed by atoms with Crippen LogP contribution in [0.3, 0.4) is 0 Å². The molecule has 33 heavy (non-hydrogen) atoms. The molecule has 5 rings (SSSR count). The first kappa shape index (κ1) is 23.0. The van der Waals surface area contributed by atoms with E-state index in [0.717, 1.165) is 55.1 Å². The lowest BCUT2D eigenvalue weighted by Crippen LogP contribution is -2.40. The highest BCUT2D eigenvalue weighted by Crippen LogP contribution is 2.43. The topological polar surface area (TPSA) is 91.2 Å². The van der Waals surface area contributed by atoms with Crippen LogP contribution in [0.5, 0.6) is 0 Å². The minimum absolute atomic E-state index is 0.0291. The number of anilines is 1. The Morgan fingerprint density at radius 2 is 1.97 bits per heavy atom. The zero-order valence-corrected chi connectivity index (χ0v) is 18.4. The first-order valence-electron chi connectivity index (χ1n) is 11.1. The highest BCUT2D eigenvalue weighted by Gasteiger charge is 2.27. The summed E-state index contributed by atoms with van der Waals surface area (Å²) < 4.78 is 27.8. The van der Waals surface area contributed by atoms with E-state index in [4.69, 9.17) is 9.90 Å². The van der Waals surface area contributed by atoms with Gasteiger partial charge in [-0.25, -0.2) is 8.78 Å². The van der Waals surface area contributed by atoms with Crippen molar-refractivity contribution in [2.24, 2.45) is 0 Å². The van der Waals surface area contributed by atoms with Crippen molar-refractivity contribution in [3.63, 3.8) is 0 Å². The fourth-order valence-corrected chi connectivity index (χ4v) is 4.43. The van der Waals surface area contributed by atoms with Crippen LogP contribution in [-0.4, -0.2) is 57.8 Å². The van der Waals surface area contributed by atoms with E-state index in [2.05, 4.69) is 32.4 Å². The fourth-order valence-electron chi connectivity index (χ4n) is 4.43. The van der Waals surface area contributed by atoms with Crippen molar-refractivity contribution in [2.45, 2.75) is 44.1 Å². The molecule has 1 aromatic carbocycles. The van der Waals surface area contributed by atoms with Crippen LogP contribution in [0.25, 0.3) is 22.0 Å². The number of hydrogen-bond acceptors (Lipinski definition) is 6. The first-order chi connectivity index (χ1) is 16.0. The molecular weight excluding hydrogens is 428 g/mol. The molecule has 2 fully saturated rings. The van der Waals surface area contributed by atoms with E-state index in [0.29, 0.717) is 23.0 Å². The van der Waals surface area contributed by atoms with Gasteiger partial charge in [-0.15, -0.1) is 10.2 Å². The predicted molar refractivity (Wildman–Crippen MR) is 123 cm³/mol. The van der Waals surface area contributed by atoms with Crippen LogP contribution in [0.4, 0.5) is 14.6 Å². The molecule has 1 aliphatic heterocycles. The van der Waals surface area contributed by atoms with Gasteiger partial charge in [0.2, 0.25) is 0 Å². The molecular formula is C24H27F2N5O2. The third-order valence-electron chi connectivity index (χ3n) is 6.16. The van der Waals surface area contributed by atoms with Gasteiger partial charge in [0.05, 0.1) is 0 Å². The zero-order valence-electron chi connectivity index (χ0n) is 18.4. The number of likely N-dealkylation sites (tertiary alicyclic amines) is 1. The number of fused-ring (bicyclic) bond motifs is 1. The molecule has 0 spiro atoms. The third kappa shape index (κ3) is 5.24. The van der Waals surface area contributed by atoms with Crippen molar-refractivity contribution in [3.05, 3.63) is 47.8 Å². The molecule has 1 saturated carbocycles. The molecule has 0 amide bonds. The van der Waals surface area contributed by atoms with Crippen molar-refractivity contribution in [3.8, 4) is 11.3 Å². The number of benzene rings is 1. The summed E-state index contributed by atoms with van der Waals surface area (Å²) in [6, 6.07) is 7.50. The molecule has 0 bridgehead atoms. The van der Waals surface area contributed by atoms with E-state index in [1.165, 1.54) is 0 Å². The molecule has 1 atom stereocenters. The minimum Gasteiger partial charge on any atom is -0.483 e. The fraction of sp³-hybridized carbons (Fsp3) is 0.417. The minimum atomic E-state index is -2.56. The number of nitrogens with one attached hydrogen (secondary N) is 1. The van der Waals surface area contributed by atoms with Crippen molar-refractivity contribution in [1.29, 1.82) is 0 Å². The van der Waals surface area contributed by atoms with Crippen LogP contribution in [0.15, 0.2) is 36.7 Å². The Kier molecular flexibility index (Phi) is 7.08. The smallest absolute Gasteiger partial charge is 0.290 e. The van der Waals surface area contributed by atoms with Crippen molar-refractivity contribution < 1.29 is 18.7 Å². The Hall–Kier alpha value is -3.20. The molecule has 9 heteroatoms. The summed E-state index contributed by atoms with van der Waals surface area (Å²) in [5.41, 5.74) is 1.95. The number of likely N-dealkylation sites (N-methyl/N-ethyl adjacent to an activating group) is 1. The molecule has 1 aliphatic carbocycles. The molecule has 1 saturated heterocycles. The lowest BCUT2D eigenvalue weighted by atomic mass is 9.97. The Bertz CT molecular complexity index is 1120. The van der Waals surface area contributed by atoms with Gasteiger partial charge in [0.15, 0.2) is 5.82 Å². The van der Waals surface area contributed by atoms with E-state index in [-0.39, 0.29) is 18.1 Å². The van der Waals surface area contributed by atoms with E-state index in [1.54, 1.807) is 24.5 Å². The maximum Gasteiger partial charge on any atom is 0.290 e. The molecule has 2 aromatic heterocycles. The summed E-state index contributed by atoms with van der Waals surface area (Å²) in [6.45, 7) is 1.78. The Morgan fingerprint density at radius 3 is 2.67 bits per heavy atom. The molecule has 174 valence electrons. The van der Waals surface area contributed by atoms with Crippen LogP contribution in [0.1, 0.15) is 49.2 Å². The van der Waals surface area contributed by atoms with Crippen LogP contribution in [0.2, 0.25) is 0 Å². The highest BCUT2D eigenvalue weighted by atomic mass is 19.3. The van der Waals surface area contributed by atoms with E-state index < -0.39 is 6.43 Å². The van der Waals surface area contributed by atoms with Gasteiger partial charge in [0.1, 0.15) is 5.69 Å². The highest BCUT2D eigenvalue weighted by molar-refractivity contribution is 6.00. The monoisotopic (exact) mass is 455 g/mol. The van der Waals surface area contributed by atoms with Crippen LogP contribution in [0, 0.1) is 0 Å². The number of pyridine rings is 1. The molecule has 2 aliphatic rings. The molecule has 3 aromatic rings. The zero-order chi connectivity index (χ0) is 23.4. The maximum absolute atomic E-state index is 13.9. The normalized spacial score (nSPS) is 18.6. The van der Waals surface area contributed by atoms with Gasteiger partial charge in [0.25, 0.3) is 12.9 Å². The second kappa shape index (κ2) is 10.2. The number of rotatable bonds is 5. The van der Waals surface area contributed by atoms with Crippen LogP contribution < -0.4 is 5.32 Å². The molecule has 3 heterocycles. The third-order valence-corrected chi connectivity index (χ3v) is 6.16. The van der Waals surface area contributed by atoms with Crippen LogP contribution in [-0.2, 0) is 4.79 Å². The summed E-state index contributed by atoms with van der Waals surface area (Å²) >= 11 is 0. The second-order valence-corrected chi connectivity index (χ2v) is 8.59. The summed E-state index contributed by atoms with van der Waals surface area (Å²) in [5, 5.41) is 20.8. The number of carbonyl (C=O) groups is 1. The standard InChI is InChI=1S/C23H25F2N5.CH2O2/c1-30-10-2-3-16(13-30)27-23-20-12-26-9-8-18(20)21(28-29-23)17-7-6-15(14-4-5-14)11-19(17)22(24)25;2-1-3/h6-9,11-12,14,16,22H,2-5,10,13H2,1H3,(H,27,29);1H,(H,2,3)/t16-;/m1./s1. The van der Waals surface area contributed by atoms with E-state index in [9.17, 15) is 8.78 Å². The quantitative estimate of drug-likeness (QED) is 0.538. The predicted octanol–water partition coefficient (Wildman–Crippen LogP) is 4.71. The average molecular weight is 456 g/mol.